The summed E-state index contributed by atoms with van der Waals surface area (Å²) in [6.45, 7) is 0.0207. The van der Waals surface area contributed by atoms with Crippen molar-refractivity contribution in [3.63, 3.8) is 0 Å². The Labute approximate surface area is 148 Å². The van der Waals surface area contributed by atoms with Crippen molar-refractivity contribution in [3.8, 4) is 0 Å². The second kappa shape index (κ2) is 7.08. The summed E-state index contributed by atoms with van der Waals surface area (Å²) in [7, 11) is 1.26. The molecule has 0 saturated carbocycles. The van der Waals surface area contributed by atoms with Gasteiger partial charge < -0.3 is 20.1 Å². The summed E-state index contributed by atoms with van der Waals surface area (Å²) < 4.78 is 4.77. The fourth-order valence-electron chi connectivity index (χ4n) is 2.72. The second-order valence-electron chi connectivity index (χ2n) is 5.45. The Hall–Kier alpha value is -2.64. The number of aliphatic hydroxyl groups is 1. The first-order valence-electron chi connectivity index (χ1n) is 7.58. The summed E-state index contributed by atoms with van der Waals surface area (Å²) in [5.41, 5.74) is 1.65. The Morgan fingerprint density at radius 2 is 2.28 bits per heavy atom. The molecule has 2 N–H and O–H groups in total. The third-order valence-corrected chi connectivity index (χ3v) is 4.11. The third kappa shape index (κ3) is 3.29. The minimum atomic E-state index is -0.590. The molecule has 0 unspecified atom stereocenters. The molecule has 2 aromatic rings. The normalized spacial score (nSPS) is 14.4. The van der Waals surface area contributed by atoms with Crippen LogP contribution in [-0.2, 0) is 14.3 Å². The van der Waals surface area contributed by atoms with E-state index in [-0.39, 0.29) is 36.9 Å². The van der Waals surface area contributed by atoms with Crippen molar-refractivity contribution in [3.05, 3.63) is 46.8 Å². The molecule has 0 fully saturated rings. The number of aliphatic hydroxyl groups excluding tert-OH is 1. The summed E-state index contributed by atoms with van der Waals surface area (Å²) in [6, 6.07) is 7.11. The molecule has 1 aromatic carbocycles. The number of methoxy groups -OCH3 is 1. The number of carbonyl (C=O) groups excluding carboxylic acids is 2. The Kier molecular flexibility index (Phi) is 4.87. The van der Waals surface area contributed by atoms with Crippen LogP contribution in [0.25, 0.3) is 10.9 Å². The maximum absolute atomic E-state index is 12.6. The van der Waals surface area contributed by atoms with Gasteiger partial charge in [-0.2, -0.15) is 0 Å². The van der Waals surface area contributed by atoms with Gasteiger partial charge in [0, 0.05) is 23.8 Å². The highest BCUT2D eigenvalue weighted by Crippen LogP contribution is 2.28. The molecule has 8 heteroatoms. The summed E-state index contributed by atoms with van der Waals surface area (Å²) >= 11 is 6.02. The Morgan fingerprint density at radius 3 is 3.00 bits per heavy atom. The van der Waals surface area contributed by atoms with Crippen LogP contribution in [0.5, 0.6) is 0 Å². The van der Waals surface area contributed by atoms with Crippen LogP contribution < -0.4 is 5.32 Å². The van der Waals surface area contributed by atoms with E-state index in [0.717, 1.165) is 5.39 Å². The molecule has 0 spiro atoms. The van der Waals surface area contributed by atoms with Gasteiger partial charge in [0.15, 0.2) is 0 Å². The zero-order chi connectivity index (χ0) is 18.0. The van der Waals surface area contributed by atoms with Crippen LogP contribution in [0.3, 0.4) is 0 Å². The highest BCUT2D eigenvalue weighted by Gasteiger charge is 2.34. The van der Waals surface area contributed by atoms with E-state index in [0.29, 0.717) is 16.2 Å². The van der Waals surface area contributed by atoms with Crippen LogP contribution in [-0.4, -0.2) is 53.7 Å². The number of aromatic nitrogens is 1. The number of carbonyl (C=O) groups is 2. The van der Waals surface area contributed by atoms with Gasteiger partial charge in [0.1, 0.15) is 5.70 Å². The third-order valence-electron chi connectivity index (χ3n) is 3.91. The number of rotatable bonds is 5. The predicted molar refractivity (Wildman–Crippen MR) is 93.1 cm³/mol. The van der Waals surface area contributed by atoms with E-state index in [1.54, 1.807) is 18.2 Å². The maximum atomic E-state index is 12.6. The van der Waals surface area contributed by atoms with Crippen LogP contribution in [0.2, 0.25) is 5.02 Å². The van der Waals surface area contributed by atoms with Crippen molar-refractivity contribution in [1.82, 2.24) is 9.88 Å². The van der Waals surface area contributed by atoms with E-state index in [4.69, 9.17) is 21.4 Å². The molecule has 1 aliphatic heterocycles. The number of ether oxygens (including phenoxy) is 1. The van der Waals surface area contributed by atoms with Crippen LogP contribution in [0.1, 0.15) is 0 Å². The van der Waals surface area contributed by atoms with Crippen molar-refractivity contribution in [1.29, 1.82) is 0 Å². The number of anilines is 1. The number of benzene rings is 1. The van der Waals surface area contributed by atoms with Gasteiger partial charge in [-0.15, -0.1) is 0 Å². The largest absolute Gasteiger partial charge is 0.466 e. The molecule has 0 saturated heterocycles. The Bertz CT molecular complexity index is 881. The van der Waals surface area contributed by atoms with Gasteiger partial charge in [-0.25, -0.2) is 4.79 Å². The minimum absolute atomic E-state index is 0.0815. The maximum Gasteiger partial charge on any atom is 0.337 e. The van der Waals surface area contributed by atoms with E-state index < -0.39 is 5.97 Å². The lowest BCUT2D eigenvalue weighted by Crippen LogP contribution is -2.31. The molecule has 1 aromatic heterocycles. The number of halogens is 1. The van der Waals surface area contributed by atoms with Crippen molar-refractivity contribution in [2.45, 2.75) is 0 Å². The lowest BCUT2D eigenvalue weighted by molar-refractivity contribution is -0.136. The Balaban J connectivity index is 2.03. The first kappa shape index (κ1) is 17.2. The second-order valence-corrected chi connectivity index (χ2v) is 5.88. The summed E-state index contributed by atoms with van der Waals surface area (Å²) in [6.07, 6.45) is 1.54. The SMILES string of the molecule is COC(=O)C1=C(Nc2cccc3ncc(Cl)cc23)C(=O)N(CCO)C1. The highest BCUT2D eigenvalue weighted by atomic mass is 35.5. The van der Waals surface area contributed by atoms with Gasteiger partial charge in [0.05, 0.1) is 36.4 Å². The number of nitrogens with zero attached hydrogens (tertiary/aromatic N) is 2. The van der Waals surface area contributed by atoms with E-state index in [1.165, 1.54) is 18.2 Å². The zero-order valence-corrected chi connectivity index (χ0v) is 14.2. The van der Waals surface area contributed by atoms with Gasteiger partial charge in [0.2, 0.25) is 0 Å². The van der Waals surface area contributed by atoms with Gasteiger partial charge in [-0.3, -0.25) is 9.78 Å². The van der Waals surface area contributed by atoms with Gasteiger partial charge in [-0.05, 0) is 18.2 Å². The highest BCUT2D eigenvalue weighted by molar-refractivity contribution is 6.31. The number of esters is 1. The minimum Gasteiger partial charge on any atom is -0.466 e. The molecule has 7 nitrogen and oxygen atoms in total. The molecular weight excluding hydrogens is 346 g/mol. The molecule has 130 valence electrons. The van der Waals surface area contributed by atoms with E-state index in [1.807, 2.05) is 6.07 Å². The topological polar surface area (TPSA) is 91.8 Å². The van der Waals surface area contributed by atoms with Crippen LogP contribution in [0, 0.1) is 0 Å². The Morgan fingerprint density at radius 1 is 1.48 bits per heavy atom. The summed E-state index contributed by atoms with van der Waals surface area (Å²) in [4.78, 5) is 30.2. The number of hydrogen-bond donors (Lipinski definition) is 2. The average Bonchev–Trinajstić information content (AvgIpc) is 2.91. The number of pyridine rings is 1. The van der Waals surface area contributed by atoms with Crippen molar-refractivity contribution in [2.75, 3.05) is 32.1 Å². The fraction of sp³-hybridized carbons (Fsp3) is 0.235. The molecule has 25 heavy (non-hydrogen) atoms. The lowest BCUT2D eigenvalue weighted by atomic mass is 10.1. The number of fused-ring (bicyclic) bond motifs is 1. The number of nitrogens with one attached hydrogen (secondary N) is 1. The first-order valence-corrected chi connectivity index (χ1v) is 7.96. The lowest BCUT2D eigenvalue weighted by Gasteiger charge is -2.15. The quantitative estimate of drug-likeness (QED) is 0.785. The molecule has 0 atom stereocenters. The number of β-amino-alcohol motifs (C(OH)–C–C–N with tert-alkyl or cyclic N) is 1. The van der Waals surface area contributed by atoms with E-state index >= 15 is 0 Å². The van der Waals surface area contributed by atoms with Gasteiger partial charge in [0.25, 0.3) is 5.91 Å². The molecule has 3 rings (SSSR count). The van der Waals surface area contributed by atoms with Crippen molar-refractivity contribution in [2.24, 2.45) is 0 Å². The summed E-state index contributed by atoms with van der Waals surface area (Å²) in [5.74, 6) is -0.964. The monoisotopic (exact) mass is 361 g/mol. The van der Waals surface area contributed by atoms with Crippen LogP contribution >= 0.6 is 11.6 Å². The van der Waals surface area contributed by atoms with E-state index in [9.17, 15) is 9.59 Å². The van der Waals surface area contributed by atoms with Crippen molar-refractivity contribution < 1.29 is 19.4 Å². The van der Waals surface area contributed by atoms with Crippen LogP contribution in [0.4, 0.5) is 5.69 Å². The number of amides is 1. The predicted octanol–water partition coefficient (Wildman–Crippen LogP) is 1.56. The van der Waals surface area contributed by atoms with Crippen LogP contribution in [0.15, 0.2) is 41.7 Å². The molecule has 2 heterocycles. The molecular formula is C17H16ClN3O4. The molecule has 1 amide bonds. The average molecular weight is 362 g/mol. The summed E-state index contributed by atoms with van der Waals surface area (Å²) in [5, 5.41) is 13.3. The van der Waals surface area contributed by atoms with E-state index in [2.05, 4.69) is 10.3 Å². The molecule has 0 bridgehead atoms. The van der Waals surface area contributed by atoms with Crippen molar-refractivity contribution >= 4 is 40.1 Å². The standard InChI is InChI=1S/C17H16ClN3O4/c1-25-17(24)12-9-21(5-6-22)16(23)15(12)20-14-4-2-3-13-11(14)7-10(18)8-19-13/h2-4,7-8,20,22H,5-6,9H2,1H3. The van der Waals surface area contributed by atoms with Gasteiger partial charge >= 0.3 is 5.97 Å². The molecule has 0 radical (unpaired) electrons. The first-order chi connectivity index (χ1) is 12.0. The van der Waals surface area contributed by atoms with Gasteiger partial charge in [-0.1, -0.05) is 17.7 Å². The number of hydrogen-bond acceptors (Lipinski definition) is 6. The zero-order valence-electron chi connectivity index (χ0n) is 13.5. The molecule has 1 aliphatic rings. The smallest absolute Gasteiger partial charge is 0.337 e. The molecule has 0 aliphatic carbocycles. The fourth-order valence-corrected chi connectivity index (χ4v) is 2.87.